The average Bonchev–Trinajstić information content (AvgIpc) is 2.99. The van der Waals surface area contributed by atoms with Gasteiger partial charge in [0.25, 0.3) is 0 Å². The number of rotatable bonds is 5. The van der Waals surface area contributed by atoms with Gasteiger partial charge in [-0.2, -0.15) is 0 Å². The summed E-state index contributed by atoms with van der Waals surface area (Å²) in [6.45, 7) is 9.95. The Bertz CT molecular complexity index is 242. The second kappa shape index (κ2) is 5.35. The summed E-state index contributed by atoms with van der Waals surface area (Å²) in [4.78, 5) is 0. The molecule has 1 N–H and O–H groups in total. The largest absolute Gasteiger partial charge is 0.314 e. The average molecular weight is 221 g/mol. The lowest BCUT2D eigenvalue weighted by Gasteiger charge is -2.35. The molecule has 0 aromatic rings. The van der Waals surface area contributed by atoms with Gasteiger partial charge in [-0.1, -0.05) is 18.9 Å². The van der Waals surface area contributed by atoms with E-state index in [1.54, 1.807) is 0 Å². The zero-order valence-corrected chi connectivity index (χ0v) is 11.0. The SMILES string of the molecule is C=C(C)CC1CC(C)CCC1CNC1CC1. The zero-order chi connectivity index (χ0) is 11.5. The van der Waals surface area contributed by atoms with Crippen LogP contribution in [0.25, 0.3) is 0 Å². The van der Waals surface area contributed by atoms with Crippen LogP contribution in [0.2, 0.25) is 0 Å². The summed E-state index contributed by atoms with van der Waals surface area (Å²) in [6.07, 6.45) is 8.36. The maximum atomic E-state index is 4.10. The lowest BCUT2D eigenvalue weighted by atomic mass is 9.72. The highest BCUT2D eigenvalue weighted by atomic mass is 14.9. The maximum absolute atomic E-state index is 4.10. The van der Waals surface area contributed by atoms with E-state index in [1.165, 1.54) is 50.6 Å². The summed E-state index contributed by atoms with van der Waals surface area (Å²) in [5.41, 5.74) is 1.37. The fraction of sp³-hybridized carbons (Fsp3) is 0.867. The van der Waals surface area contributed by atoms with Crippen molar-refractivity contribution in [3.8, 4) is 0 Å². The van der Waals surface area contributed by atoms with Gasteiger partial charge in [-0.15, -0.1) is 6.58 Å². The molecular formula is C15H27N. The van der Waals surface area contributed by atoms with Crippen molar-refractivity contribution in [2.45, 2.75) is 58.4 Å². The van der Waals surface area contributed by atoms with E-state index in [1.807, 2.05) is 0 Å². The predicted molar refractivity (Wildman–Crippen MR) is 70.5 cm³/mol. The molecule has 2 fully saturated rings. The summed E-state index contributed by atoms with van der Waals surface area (Å²) in [7, 11) is 0. The van der Waals surface area contributed by atoms with Gasteiger partial charge in [0.15, 0.2) is 0 Å². The molecule has 3 unspecified atom stereocenters. The van der Waals surface area contributed by atoms with Crippen LogP contribution in [0.5, 0.6) is 0 Å². The molecule has 0 radical (unpaired) electrons. The van der Waals surface area contributed by atoms with Crippen molar-refractivity contribution in [1.82, 2.24) is 5.32 Å². The maximum Gasteiger partial charge on any atom is 0.00683 e. The standard InChI is InChI=1S/C15H27N/c1-11(2)8-14-9-12(3)4-5-13(14)10-16-15-6-7-15/h12-16H,1,4-10H2,2-3H3. The van der Waals surface area contributed by atoms with Crippen molar-refractivity contribution in [1.29, 1.82) is 0 Å². The van der Waals surface area contributed by atoms with Crippen LogP contribution in [0.4, 0.5) is 0 Å². The first-order chi connectivity index (χ1) is 7.65. The first-order valence-corrected chi connectivity index (χ1v) is 7.03. The third-order valence-corrected chi connectivity index (χ3v) is 4.26. The van der Waals surface area contributed by atoms with Crippen LogP contribution >= 0.6 is 0 Å². The minimum atomic E-state index is 0.866. The van der Waals surface area contributed by atoms with Crippen LogP contribution in [-0.2, 0) is 0 Å². The quantitative estimate of drug-likeness (QED) is 0.697. The molecule has 16 heavy (non-hydrogen) atoms. The Kier molecular flexibility index (Phi) is 4.07. The summed E-state index contributed by atoms with van der Waals surface area (Å²) >= 11 is 0. The normalized spacial score (nSPS) is 35.0. The smallest absolute Gasteiger partial charge is 0.00683 e. The summed E-state index contributed by atoms with van der Waals surface area (Å²) in [5.74, 6) is 2.74. The third-order valence-electron chi connectivity index (χ3n) is 4.26. The zero-order valence-electron chi connectivity index (χ0n) is 11.0. The molecule has 0 bridgehead atoms. The van der Waals surface area contributed by atoms with Crippen LogP contribution in [0.1, 0.15) is 52.4 Å². The van der Waals surface area contributed by atoms with Gasteiger partial charge in [0, 0.05) is 6.04 Å². The molecule has 92 valence electrons. The van der Waals surface area contributed by atoms with Gasteiger partial charge in [-0.3, -0.25) is 0 Å². The van der Waals surface area contributed by atoms with Crippen LogP contribution in [0, 0.1) is 17.8 Å². The summed E-state index contributed by atoms with van der Waals surface area (Å²) < 4.78 is 0. The fourth-order valence-electron chi connectivity index (χ4n) is 3.13. The topological polar surface area (TPSA) is 12.0 Å². The molecule has 0 spiro atoms. The first-order valence-electron chi connectivity index (χ1n) is 7.03. The third kappa shape index (κ3) is 3.62. The van der Waals surface area contributed by atoms with E-state index in [-0.39, 0.29) is 0 Å². The molecule has 0 aromatic heterocycles. The van der Waals surface area contributed by atoms with E-state index in [9.17, 15) is 0 Å². The molecule has 0 saturated heterocycles. The Labute approximate surface area is 101 Å². The Balaban J connectivity index is 1.82. The highest BCUT2D eigenvalue weighted by Gasteiger charge is 2.30. The Morgan fingerprint density at radius 3 is 2.56 bits per heavy atom. The van der Waals surface area contributed by atoms with Crippen molar-refractivity contribution in [3.05, 3.63) is 12.2 Å². The van der Waals surface area contributed by atoms with Gasteiger partial charge in [0.05, 0.1) is 0 Å². The van der Waals surface area contributed by atoms with Gasteiger partial charge >= 0.3 is 0 Å². The molecule has 2 saturated carbocycles. The highest BCUT2D eigenvalue weighted by molar-refractivity contribution is 4.95. The fourth-order valence-corrected chi connectivity index (χ4v) is 3.13. The Morgan fingerprint density at radius 2 is 1.94 bits per heavy atom. The number of hydrogen-bond acceptors (Lipinski definition) is 1. The molecule has 3 atom stereocenters. The van der Waals surface area contributed by atoms with E-state index in [2.05, 4.69) is 25.7 Å². The van der Waals surface area contributed by atoms with E-state index in [0.717, 1.165) is 23.8 Å². The lowest BCUT2D eigenvalue weighted by Crippen LogP contribution is -2.33. The molecule has 0 amide bonds. The molecule has 1 nitrogen and oxygen atoms in total. The van der Waals surface area contributed by atoms with Gasteiger partial charge in [-0.05, 0) is 63.3 Å². The van der Waals surface area contributed by atoms with E-state index in [0.29, 0.717) is 0 Å². The van der Waals surface area contributed by atoms with E-state index >= 15 is 0 Å². The predicted octanol–water partition coefficient (Wildman–Crippen LogP) is 3.76. The highest BCUT2D eigenvalue weighted by Crippen LogP contribution is 2.37. The summed E-state index contributed by atoms with van der Waals surface area (Å²) in [6, 6.07) is 0.866. The van der Waals surface area contributed by atoms with Crippen molar-refractivity contribution in [3.63, 3.8) is 0 Å². The van der Waals surface area contributed by atoms with Crippen molar-refractivity contribution in [2.24, 2.45) is 17.8 Å². The van der Waals surface area contributed by atoms with Crippen molar-refractivity contribution < 1.29 is 0 Å². The van der Waals surface area contributed by atoms with Crippen LogP contribution < -0.4 is 5.32 Å². The Hall–Kier alpha value is -0.300. The Morgan fingerprint density at radius 1 is 1.19 bits per heavy atom. The van der Waals surface area contributed by atoms with Gasteiger partial charge in [-0.25, -0.2) is 0 Å². The van der Waals surface area contributed by atoms with Crippen molar-refractivity contribution in [2.75, 3.05) is 6.54 Å². The van der Waals surface area contributed by atoms with Crippen LogP contribution in [-0.4, -0.2) is 12.6 Å². The minimum Gasteiger partial charge on any atom is -0.314 e. The first kappa shape index (κ1) is 12.2. The number of hydrogen-bond donors (Lipinski definition) is 1. The molecule has 0 heterocycles. The second-order valence-electron chi connectivity index (χ2n) is 6.28. The molecule has 1 heteroatoms. The summed E-state index contributed by atoms with van der Waals surface area (Å²) in [5, 5.41) is 3.71. The lowest BCUT2D eigenvalue weighted by molar-refractivity contribution is 0.183. The molecule has 2 rings (SSSR count). The van der Waals surface area contributed by atoms with Crippen LogP contribution in [0.15, 0.2) is 12.2 Å². The minimum absolute atomic E-state index is 0.866. The van der Waals surface area contributed by atoms with Crippen LogP contribution in [0.3, 0.4) is 0 Å². The van der Waals surface area contributed by atoms with Gasteiger partial charge < -0.3 is 5.32 Å². The van der Waals surface area contributed by atoms with Gasteiger partial charge in [0.1, 0.15) is 0 Å². The van der Waals surface area contributed by atoms with E-state index in [4.69, 9.17) is 0 Å². The second-order valence-corrected chi connectivity index (χ2v) is 6.28. The van der Waals surface area contributed by atoms with Gasteiger partial charge in [0.2, 0.25) is 0 Å². The molecule has 2 aliphatic rings. The molecule has 2 aliphatic carbocycles. The molecular weight excluding hydrogens is 194 g/mol. The van der Waals surface area contributed by atoms with Crippen molar-refractivity contribution >= 4 is 0 Å². The monoisotopic (exact) mass is 221 g/mol. The van der Waals surface area contributed by atoms with E-state index < -0.39 is 0 Å². The number of allylic oxidation sites excluding steroid dienone is 1. The molecule has 0 aliphatic heterocycles. The number of nitrogens with one attached hydrogen (secondary N) is 1. The molecule has 0 aromatic carbocycles.